The quantitative estimate of drug-likeness (QED) is 0.552. The number of methoxy groups -OCH3 is 1. The van der Waals surface area contributed by atoms with Crippen molar-refractivity contribution in [2.75, 3.05) is 31.8 Å². The SMILES string of the molecule is COCCN([C@@H]1CCSC1)S(=O)(=O)c1ccccc1[N+](=O)[O-]. The van der Waals surface area contributed by atoms with Gasteiger partial charge in [-0.3, -0.25) is 10.1 Å². The van der Waals surface area contributed by atoms with Crippen molar-refractivity contribution in [2.24, 2.45) is 0 Å². The molecular weight excluding hydrogens is 328 g/mol. The van der Waals surface area contributed by atoms with E-state index in [9.17, 15) is 18.5 Å². The maximum atomic E-state index is 12.9. The Bertz CT molecular complexity index is 629. The van der Waals surface area contributed by atoms with Crippen LogP contribution < -0.4 is 0 Å². The maximum absolute atomic E-state index is 12.9. The zero-order chi connectivity index (χ0) is 16.2. The Morgan fingerprint density at radius 2 is 2.18 bits per heavy atom. The second-order valence-electron chi connectivity index (χ2n) is 4.85. The molecule has 1 aromatic rings. The third-order valence-corrected chi connectivity index (χ3v) is 6.62. The summed E-state index contributed by atoms with van der Waals surface area (Å²) in [6, 6.07) is 5.31. The molecule has 1 fully saturated rings. The van der Waals surface area contributed by atoms with E-state index in [2.05, 4.69) is 0 Å². The Balaban J connectivity index is 2.42. The Morgan fingerprint density at radius 3 is 2.77 bits per heavy atom. The van der Waals surface area contributed by atoms with Crippen LogP contribution >= 0.6 is 11.8 Å². The van der Waals surface area contributed by atoms with E-state index >= 15 is 0 Å². The summed E-state index contributed by atoms with van der Waals surface area (Å²) < 4.78 is 32.2. The molecule has 0 bridgehead atoms. The Kier molecular flexibility index (Phi) is 5.79. The van der Waals surface area contributed by atoms with Crippen LogP contribution in [-0.4, -0.2) is 55.5 Å². The van der Waals surface area contributed by atoms with Gasteiger partial charge in [0.25, 0.3) is 5.69 Å². The first-order chi connectivity index (χ1) is 10.5. The number of sulfonamides is 1. The average Bonchev–Trinajstić information content (AvgIpc) is 3.01. The zero-order valence-electron chi connectivity index (χ0n) is 12.2. The van der Waals surface area contributed by atoms with Gasteiger partial charge in [-0.1, -0.05) is 12.1 Å². The van der Waals surface area contributed by atoms with Crippen molar-refractivity contribution in [1.82, 2.24) is 4.31 Å². The molecule has 22 heavy (non-hydrogen) atoms. The van der Waals surface area contributed by atoms with Gasteiger partial charge in [-0.15, -0.1) is 0 Å². The van der Waals surface area contributed by atoms with E-state index in [1.807, 2.05) is 0 Å². The number of nitro benzene ring substituents is 1. The molecular formula is C13H18N2O5S2. The number of benzene rings is 1. The van der Waals surface area contributed by atoms with Gasteiger partial charge in [-0.2, -0.15) is 16.1 Å². The molecule has 0 amide bonds. The van der Waals surface area contributed by atoms with Crippen molar-refractivity contribution in [3.05, 3.63) is 34.4 Å². The van der Waals surface area contributed by atoms with Crippen molar-refractivity contribution in [3.8, 4) is 0 Å². The Labute approximate surface area is 133 Å². The van der Waals surface area contributed by atoms with Crippen LogP contribution in [0.5, 0.6) is 0 Å². The number of hydrogen-bond acceptors (Lipinski definition) is 6. The number of para-hydroxylation sites is 1. The van der Waals surface area contributed by atoms with Crippen molar-refractivity contribution in [1.29, 1.82) is 0 Å². The van der Waals surface area contributed by atoms with Gasteiger partial charge >= 0.3 is 0 Å². The lowest BCUT2D eigenvalue weighted by Crippen LogP contribution is -2.42. The molecule has 1 atom stereocenters. The van der Waals surface area contributed by atoms with E-state index in [0.29, 0.717) is 5.75 Å². The predicted molar refractivity (Wildman–Crippen MR) is 84.6 cm³/mol. The van der Waals surface area contributed by atoms with E-state index in [0.717, 1.165) is 12.2 Å². The molecule has 122 valence electrons. The summed E-state index contributed by atoms with van der Waals surface area (Å²) in [7, 11) is -2.43. The number of thioether (sulfide) groups is 1. The standard InChI is InChI=1S/C13H18N2O5S2/c1-20-8-7-14(11-6-9-21-10-11)22(18,19)13-5-3-2-4-12(13)15(16)17/h2-5,11H,6-10H2,1H3/t11-/m1/s1. The summed E-state index contributed by atoms with van der Waals surface area (Å²) in [5.74, 6) is 1.59. The largest absolute Gasteiger partial charge is 0.383 e. The minimum Gasteiger partial charge on any atom is -0.383 e. The normalized spacial score (nSPS) is 18.7. The molecule has 0 unspecified atom stereocenters. The highest BCUT2D eigenvalue weighted by molar-refractivity contribution is 7.99. The summed E-state index contributed by atoms with van der Waals surface area (Å²) in [5.41, 5.74) is -0.393. The highest BCUT2D eigenvalue weighted by atomic mass is 32.2. The highest BCUT2D eigenvalue weighted by Gasteiger charge is 2.36. The van der Waals surface area contributed by atoms with Gasteiger partial charge in [0.1, 0.15) is 0 Å². The maximum Gasteiger partial charge on any atom is 0.289 e. The summed E-state index contributed by atoms with van der Waals surface area (Å²) >= 11 is 1.68. The molecule has 0 radical (unpaired) electrons. The molecule has 1 aliphatic rings. The number of nitro groups is 1. The summed E-state index contributed by atoms with van der Waals surface area (Å²) in [6.45, 7) is 0.442. The summed E-state index contributed by atoms with van der Waals surface area (Å²) in [4.78, 5) is 10.2. The van der Waals surface area contributed by atoms with Crippen molar-refractivity contribution in [3.63, 3.8) is 0 Å². The van der Waals surface area contributed by atoms with Gasteiger partial charge in [-0.25, -0.2) is 8.42 Å². The number of hydrogen-bond donors (Lipinski definition) is 0. The molecule has 1 aromatic carbocycles. The van der Waals surface area contributed by atoms with Gasteiger partial charge in [0, 0.05) is 31.5 Å². The van der Waals surface area contributed by atoms with Crippen LogP contribution in [0.3, 0.4) is 0 Å². The molecule has 2 rings (SSSR count). The lowest BCUT2D eigenvalue weighted by molar-refractivity contribution is -0.387. The third-order valence-electron chi connectivity index (χ3n) is 3.48. The first-order valence-electron chi connectivity index (χ1n) is 6.80. The number of ether oxygens (including phenoxy) is 1. The van der Waals surface area contributed by atoms with Crippen molar-refractivity contribution >= 4 is 27.5 Å². The van der Waals surface area contributed by atoms with E-state index in [4.69, 9.17) is 4.74 Å². The molecule has 7 nitrogen and oxygen atoms in total. The molecule has 1 aliphatic heterocycles. The van der Waals surface area contributed by atoms with Crippen LogP contribution in [0.15, 0.2) is 29.2 Å². The van der Waals surface area contributed by atoms with Crippen LogP contribution in [0.4, 0.5) is 5.69 Å². The van der Waals surface area contributed by atoms with E-state index < -0.39 is 20.6 Å². The van der Waals surface area contributed by atoms with E-state index in [1.165, 1.54) is 35.7 Å². The fourth-order valence-corrected chi connectivity index (χ4v) is 5.50. The second kappa shape index (κ2) is 7.40. The van der Waals surface area contributed by atoms with Crippen molar-refractivity contribution in [2.45, 2.75) is 17.4 Å². The van der Waals surface area contributed by atoms with Crippen molar-refractivity contribution < 1.29 is 18.1 Å². The molecule has 0 aliphatic carbocycles. The van der Waals surface area contributed by atoms with Crippen LogP contribution in [0.2, 0.25) is 0 Å². The van der Waals surface area contributed by atoms with Gasteiger partial charge in [-0.05, 0) is 18.2 Å². The second-order valence-corrected chi connectivity index (χ2v) is 7.86. The number of rotatable bonds is 7. The van der Waals surface area contributed by atoms with Gasteiger partial charge in [0.2, 0.25) is 10.0 Å². The fourth-order valence-electron chi connectivity index (χ4n) is 2.38. The van der Waals surface area contributed by atoms with Crippen LogP contribution in [0.1, 0.15) is 6.42 Å². The topological polar surface area (TPSA) is 89.8 Å². The molecule has 0 N–H and O–H groups in total. The number of nitrogens with zero attached hydrogens (tertiary/aromatic N) is 2. The third kappa shape index (κ3) is 3.60. The Morgan fingerprint density at radius 1 is 1.45 bits per heavy atom. The molecule has 9 heteroatoms. The van der Waals surface area contributed by atoms with E-state index in [-0.39, 0.29) is 24.1 Å². The minimum absolute atomic E-state index is 0.148. The zero-order valence-corrected chi connectivity index (χ0v) is 13.8. The van der Waals surface area contributed by atoms with Crippen LogP contribution in [0, 0.1) is 10.1 Å². The average molecular weight is 346 g/mol. The minimum atomic E-state index is -3.93. The molecule has 0 saturated carbocycles. The summed E-state index contributed by atoms with van der Waals surface area (Å²) in [5, 5.41) is 11.1. The molecule has 1 saturated heterocycles. The van der Waals surface area contributed by atoms with Crippen LogP contribution in [0.25, 0.3) is 0 Å². The summed E-state index contributed by atoms with van der Waals surface area (Å²) in [6.07, 6.45) is 0.744. The predicted octanol–water partition coefficient (Wildman–Crippen LogP) is 1.74. The molecule has 0 spiro atoms. The van der Waals surface area contributed by atoms with Crippen LogP contribution in [-0.2, 0) is 14.8 Å². The van der Waals surface area contributed by atoms with E-state index in [1.54, 1.807) is 11.8 Å². The fraction of sp³-hybridized carbons (Fsp3) is 0.538. The van der Waals surface area contributed by atoms with Gasteiger partial charge in [0.05, 0.1) is 11.5 Å². The highest BCUT2D eigenvalue weighted by Crippen LogP contribution is 2.31. The first-order valence-corrected chi connectivity index (χ1v) is 9.40. The lowest BCUT2D eigenvalue weighted by Gasteiger charge is -2.27. The van der Waals surface area contributed by atoms with Gasteiger partial charge < -0.3 is 4.74 Å². The molecule has 1 heterocycles. The van der Waals surface area contributed by atoms with Gasteiger partial charge in [0.15, 0.2) is 4.90 Å². The lowest BCUT2D eigenvalue weighted by atomic mass is 10.3. The molecule has 0 aromatic heterocycles. The smallest absolute Gasteiger partial charge is 0.289 e. The first kappa shape index (κ1) is 17.2. The Hall–Kier alpha value is -1.16. The monoisotopic (exact) mass is 346 g/mol.